The summed E-state index contributed by atoms with van der Waals surface area (Å²) in [4.78, 5) is 77.7. The normalized spacial score (nSPS) is 21.2. The van der Waals surface area contributed by atoms with Crippen LogP contribution in [-0.2, 0) is 24.0 Å². The largest absolute Gasteiger partial charge is 0.344 e. The van der Waals surface area contributed by atoms with E-state index in [0.717, 1.165) is 24.8 Å². The first kappa shape index (κ1) is 40.7. The molecule has 0 spiro atoms. The Hall–Kier alpha value is -3.47. The number of carbonyl (C=O) groups is 5. The minimum atomic E-state index is -1.05. The standard InChI is InChI=1S/C37H62N6O5/c1-13-18-28(14-2)22-29(39(9)10)34(45)41(12)30-21-26(7)43(36(30)47)31(35(46)42-19-16-15-17-20-42)23-32(44)38-33(25(5)6)37(48)40(11)27(8)24(3)4/h13-14,18,24-27,29-31,33H,1-2,15-17,19-23H2,3-12H3,(H,38,44)/b28-18+/t26?,27?,29-,30-,31?,33?/m0/s1. The molecule has 0 aromatic carbocycles. The molecule has 0 aromatic heterocycles. The number of nitrogens with one attached hydrogen (secondary N) is 1. The molecule has 5 amide bonds. The summed E-state index contributed by atoms with van der Waals surface area (Å²) in [7, 11) is 7.01. The average Bonchev–Trinajstić information content (AvgIpc) is 3.34. The van der Waals surface area contributed by atoms with Gasteiger partial charge in [0.2, 0.25) is 29.5 Å². The highest BCUT2D eigenvalue weighted by Crippen LogP contribution is 2.29. The molecule has 2 fully saturated rings. The van der Waals surface area contributed by atoms with Crippen molar-refractivity contribution in [3.63, 3.8) is 0 Å². The van der Waals surface area contributed by atoms with Crippen LogP contribution in [0.1, 0.15) is 80.1 Å². The third-order valence-electron chi connectivity index (χ3n) is 10.2. The predicted octanol–water partition coefficient (Wildman–Crippen LogP) is 3.47. The maximum absolute atomic E-state index is 14.2. The molecule has 48 heavy (non-hydrogen) atoms. The van der Waals surface area contributed by atoms with Crippen LogP contribution in [0.25, 0.3) is 0 Å². The zero-order valence-electron chi connectivity index (χ0n) is 31.2. The zero-order valence-corrected chi connectivity index (χ0v) is 31.2. The molecule has 2 aliphatic heterocycles. The second-order valence-electron chi connectivity index (χ2n) is 14.5. The number of likely N-dealkylation sites (N-methyl/N-ethyl adjacent to an activating group) is 3. The zero-order chi connectivity index (χ0) is 36.5. The van der Waals surface area contributed by atoms with E-state index in [1.165, 1.54) is 9.80 Å². The Morgan fingerprint density at radius 3 is 2.02 bits per heavy atom. The molecule has 2 heterocycles. The van der Waals surface area contributed by atoms with Gasteiger partial charge in [0, 0.05) is 39.3 Å². The summed E-state index contributed by atoms with van der Waals surface area (Å²) in [6.45, 7) is 20.4. The highest BCUT2D eigenvalue weighted by atomic mass is 16.2. The van der Waals surface area contributed by atoms with Gasteiger partial charge in [0.1, 0.15) is 18.1 Å². The number of amides is 5. The molecule has 2 rings (SSSR count). The van der Waals surface area contributed by atoms with Gasteiger partial charge in [0.25, 0.3) is 0 Å². The molecule has 11 heteroatoms. The number of piperidine rings is 1. The van der Waals surface area contributed by atoms with E-state index >= 15 is 0 Å². The third-order valence-corrected chi connectivity index (χ3v) is 10.2. The lowest BCUT2D eigenvalue weighted by atomic mass is 9.99. The SMILES string of the molecule is C=C/C=C(\C=C)C[C@@H](C(=O)N(C)[C@H]1CC(C)N(C(CC(=O)NC(C(=O)N(C)C(C)C(C)C)C(C)C)C(=O)N2CCCCC2)C1=O)N(C)C. The first-order chi connectivity index (χ1) is 22.5. The van der Waals surface area contributed by atoms with Crippen LogP contribution in [0.4, 0.5) is 0 Å². The van der Waals surface area contributed by atoms with Crippen molar-refractivity contribution in [3.8, 4) is 0 Å². The van der Waals surface area contributed by atoms with Gasteiger partial charge >= 0.3 is 0 Å². The van der Waals surface area contributed by atoms with E-state index in [-0.39, 0.29) is 47.9 Å². The Morgan fingerprint density at radius 1 is 0.917 bits per heavy atom. The second kappa shape index (κ2) is 18.3. The van der Waals surface area contributed by atoms with Gasteiger partial charge in [-0.3, -0.25) is 28.9 Å². The lowest BCUT2D eigenvalue weighted by molar-refractivity contribution is -0.151. The summed E-state index contributed by atoms with van der Waals surface area (Å²) < 4.78 is 0. The van der Waals surface area contributed by atoms with Gasteiger partial charge in [0.15, 0.2) is 0 Å². The van der Waals surface area contributed by atoms with Gasteiger partial charge < -0.3 is 24.9 Å². The van der Waals surface area contributed by atoms with Gasteiger partial charge in [-0.15, -0.1) is 0 Å². The van der Waals surface area contributed by atoms with Crippen LogP contribution in [0.2, 0.25) is 0 Å². The fourth-order valence-electron chi connectivity index (χ4n) is 6.60. The van der Waals surface area contributed by atoms with Gasteiger partial charge in [-0.05, 0) is 77.5 Å². The van der Waals surface area contributed by atoms with Gasteiger partial charge in [-0.1, -0.05) is 59.1 Å². The fourth-order valence-corrected chi connectivity index (χ4v) is 6.60. The van der Waals surface area contributed by atoms with Crippen LogP contribution < -0.4 is 5.32 Å². The van der Waals surface area contributed by atoms with E-state index in [1.807, 2.05) is 66.6 Å². The molecule has 6 atom stereocenters. The fraction of sp³-hybridized carbons (Fsp3) is 0.703. The molecule has 0 saturated carbocycles. The maximum Gasteiger partial charge on any atom is 0.246 e. The van der Waals surface area contributed by atoms with Crippen molar-refractivity contribution in [2.75, 3.05) is 41.3 Å². The molecule has 0 aromatic rings. The number of hydrogen-bond donors (Lipinski definition) is 1. The van der Waals surface area contributed by atoms with Crippen molar-refractivity contribution < 1.29 is 24.0 Å². The first-order valence-corrected chi connectivity index (χ1v) is 17.5. The average molecular weight is 671 g/mol. The lowest BCUT2D eigenvalue weighted by Crippen LogP contribution is -2.57. The molecular weight excluding hydrogens is 608 g/mol. The smallest absolute Gasteiger partial charge is 0.246 e. The summed E-state index contributed by atoms with van der Waals surface area (Å²) >= 11 is 0. The van der Waals surface area contributed by atoms with Gasteiger partial charge in [0.05, 0.1) is 12.5 Å². The molecule has 0 radical (unpaired) electrons. The Kier molecular flexibility index (Phi) is 15.5. The van der Waals surface area contributed by atoms with Crippen molar-refractivity contribution in [1.82, 2.24) is 29.8 Å². The van der Waals surface area contributed by atoms with Gasteiger partial charge in [-0.2, -0.15) is 0 Å². The Bertz CT molecular complexity index is 1210. The predicted molar refractivity (Wildman–Crippen MR) is 191 cm³/mol. The van der Waals surface area contributed by atoms with Crippen molar-refractivity contribution in [3.05, 3.63) is 37.0 Å². The summed E-state index contributed by atoms with van der Waals surface area (Å²) in [5.74, 6) is -1.46. The molecule has 0 bridgehead atoms. The third kappa shape index (κ3) is 10.0. The minimum absolute atomic E-state index is 0.0303. The quantitative estimate of drug-likeness (QED) is 0.252. The number of carbonyl (C=O) groups excluding carboxylic acids is 5. The first-order valence-electron chi connectivity index (χ1n) is 17.5. The Labute approximate surface area is 289 Å². The highest BCUT2D eigenvalue weighted by Gasteiger charge is 2.48. The van der Waals surface area contributed by atoms with Crippen LogP contribution in [0.15, 0.2) is 37.0 Å². The molecule has 11 nitrogen and oxygen atoms in total. The van der Waals surface area contributed by atoms with Gasteiger partial charge in [-0.25, -0.2) is 0 Å². The number of hydrogen-bond acceptors (Lipinski definition) is 6. The molecular formula is C37H62N6O5. The van der Waals surface area contributed by atoms with Crippen LogP contribution in [0, 0.1) is 11.8 Å². The van der Waals surface area contributed by atoms with Crippen molar-refractivity contribution in [2.24, 2.45) is 11.8 Å². The van der Waals surface area contributed by atoms with Crippen LogP contribution in [-0.4, -0.2) is 132 Å². The Balaban J connectivity index is 2.38. The van der Waals surface area contributed by atoms with Crippen LogP contribution in [0.3, 0.4) is 0 Å². The second-order valence-corrected chi connectivity index (χ2v) is 14.5. The van der Waals surface area contributed by atoms with Crippen molar-refractivity contribution >= 4 is 29.5 Å². The van der Waals surface area contributed by atoms with E-state index in [0.29, 0.717) is 25.9 Å². The van der Waals surface area contributed by atoms with E-state index in [4.69, 9.17) is 0 Å². The molecule has 4 unspecified atom stereocenters. The maximum atomic E-state index is 14.2. The molecule has 2 aliphatic rings. The summed E-state index contributed by atoms with van der Waals surface area (Å²) in [5.41, 5.74) is 0.847. The van der Waals surface area contributed by atoms with Crippen LogP contribution >= 0.6 is 0 Å². The van der Waals surface area contributed by atoms with Crippen molar-refractivity contribution in [1.29, 1.82) is 0 Å². The number of nitrogens with zero attached hydrogens (tertiary/aromatic N) is 5. The number of allylic oxidation sites excluding steroid dienone is 3. The van der Waals surface area contributed by atoms with E-state index in [9.17, 15) is 24.0 Å². The number of likely N-dealkylation sites (tertiary alicyclic amines) is 2. The van der Waals surface area contributed by atoms with Crippen LogP contribution in [0.5, 0.6) is 0 Å². The monoisotopic (exact) mass is 670 g/mol. The summed E-state index contributed by atoms with van der Waals surface area (Å²) in [5, 5.41) is 2.92. The highest BCUT2D eigenvalue weighted by molar-refractivity contribution is 5.97. The molecule has 1 N–H and O–H groups in total. The molecule has 270 valence electrons. The summed E-state index contributed by atoms with van der Waals surface area (Å²) in [6, 6.07) is -3.60. The molecule has 2 saturated heterocycles. The Morgan fingerprint density at radius 2 is 1.52 bits per heavy atom. The lowest BCUT2D eigenvalue weighted by Gasteiger charge is -2.37. The summed E-state index contributed by atoms with van der Waals surface area (Å²) in [6.07, 6.45) is 8.34. The number of rotatable bonds is 16. The van der Waals surface area contributed by atoms with E-state index < -0.39 is 36.1 Å². The van der Waals surface area contributed by atoms with Crippen molar-refractivity contribution in [2.45, 2.75) is 116 Å². The molecule has 0 aliphatic carbocycles. The van der Waals surface area contributed by atoms with E-state index in [2.05, 4.69) is 18.5 Å². The minimum Gasteiger partial charge on any atom is -0.344 e. The topological polar surface area (TPSA) is 114 Å². The van der Waals surface area contributed by atoms with E-state index in [1.54, 1.807) is 36.0 Å².